The monoisotopic (exact) mass is 217 g/mol. The molecule has 0 bridgehead atoms. The molecule has 3 heteroatoms. The van der Waals surface area contributed by atoms with Gasteiger partial charge in [-0.2, -0.15) is 5.26 Å². The average molecular weight is 217 g/mol. The van der Waals surface area contributed by atoms with Crippen molar-refractivity contribution in [2.24, 2.45) is 0 Å². The number of nitriles is 1. The summed E-state index contributed by atoms with van der Waals surface area (Å²) < 4.78 is 25.1. The van der Waals surface area contributed by atoms with Crippen LogP contribution in [0.3, 0.4) is 0 Å². The molecule has 0 N–H and O–H groups in total. The number of nitrogens with zero attached hydrogens (tertiary/aromatic N) is 1. The highest BCUT2D eigenvalue weighted by Gasteiger charge is 2.08. The maximum Gasteiger partial charge on any atom is 0.263 e. The van der Waals surface area contributed by atoms with E-state index in [2.05, 4.69) is 0 Å². The van der Waals surface area contributed by atoms with Gasteiger partial charge in [0, 0.05) is 5.56 Å². The van der Waals surface area contributed by atoms with Gasteiger partial charge in [0.15, 0.2) is 0 Å². The van der Waals surface area contributed by atoms with Gasteiger partial charge in [0.05, 0.1) is 12.5 Å². The minimum Gasteiger partial charge on any atom is -0.205 e. The van der Waals surface area contributed by atoms with E-state index in [0.717, 1.165) is 16.3 Å². The van der Waals surface area contributed by atoms with Crippen LogP contribution in [0.15, 0.2) is 36.4 Å². The minimum atomic E-state index is -2.47. The van der Waals surface area contributed by atoms with Crippen molar-refractivity contribution in [1.82, 2.24) is 0 Å². The van der Waals surface area contributed by atoms with Crippen LogP contribution in [0.4, 0.5) is 8.78 Å². The van der Waals surface area contributed by atoms with Crippen LogP contribution in [0.25, 0.3) is 10.8 Å². The standard InChI is InChI=1S/C13H9F2N/c14-13(15)11-5-4-9-2-1-3-10(6-7-16)12(9)8-11/h1-5,8,13H,6H2. The van der Waals surface area contributed by atoms with Gasteiger partial charge in [0.1, 0.15) is 0 Å². The molecule has 0 saturated heterocycles. The highest BCUT2D eigenvalue weighted by Crippen LogP contribution is 2.26. The molecule has 0 amide bonds. The maximum atomic E-state index is 12.5. The minimum absolute atomic E-state index is 0.00195. The van der Waals surface area contributed by atoms with E-state index in [1.807, 2.05) is 18.2 Å². The molecular formula is C13H9F2N. The van der Waals surface area contributed by atoms with Gasteiger partial charge in [-0.15, -0.1) is 0 Å². The van der Waals surface area contributed by atoms with Gasteiger partial charge in [0.2, 0.25) is 0 Å². The van der Waals surface area contributed by atoms with Crippen LogP contribution >= 0.6 is 0 Å². The van der Waals surface area contributed by atoms with Crippen LogP contribution in [0.1, 0.15) is 17.6 Å². The van der Waals surface area contributed by atoms with Crippen LogP contribution in [-0.4, -0.2) is 0 Å². The third-order valence-electron chi connectivity index (χ3n) is 2.52. The van der Waals surface area contributed by atoms with Crippen LogP contribution in [0, 0.1) is 11.3 Å². The lowest BCUT2D eigenvalue weighted by Crippen LogP contribution is -1.88. The summed E-state index contributed by atoms with van der Waals surface area (Å²) in [6.07, 6.45) is -2.23. The van der Waals surface area contributed by atoms with Crippen LogP contribution in [0.5, 0.6) is 0 Å². The van der Waals surface area contributed by atoms with Gasteiger partial charge in [-0.05, 0) is 22.4 Å². The van der Waals surface area contributed by atoms with Crippen molar-refractivity contribution >= 4 is 10.8 Å². The molecule has 0 aliphatic carbocycles. The molecule has 0 atom stereocenters. The lowest BCUT2D eigenvalue weighted by atomic mass is 10.0. The van der Waals surface area contributed by atoms with Gasteiger partial charge in [-0.1, -0.05) is 30.3 Å². The highest BCUT2D eigenvalue weighted by atomic mass is 19.3. The van der Waals surface area contributed by atoms with E-state index in [4.69, 9.17) is 5.26 Å². The molecule has 0 heterocycles. The molecular weight excluding hydrogens is 208 g/mol. The molecule has 0 radical (unpaired) electrons. The Balaban J connectivity index is 2.64. The van der Waals surface area contributed by atoms with Crippen molar-refractivity contribution in [1.29, 1.82) is 5.26 Å². The molecule has 0 aliphatic rings. The third kappa shape index (κ3) is 1.87. The number of hydrogen-bond donors (Lipinski definition) is 0. The van der Waals surface area contributed by atoms with Crippen molar-refractivity contribution in [3.05, 3.63) is 47.5 Å². The molecule has 0 aliphatic heterocycles. The molecule has 16 heavy (non-hydrogen) atoms. The second kappa shape index (κ2) is 4.28. The number of hydrogen-bond acceptors (Lipinski definition) is 1. The Hall–Kier alpha value is -1.95. The fourth-order valence-electron chi connectivity index (χ4n) is 1.73. The zero-order valence-electron chi connectivity index (χ0n) is 8.45. The maximum absolute atomic E-state index is 12.5. The van der Waals surface area contributed by atoms with Gasteiger partial charge in [-0.3, -0.25) is 0 Å². The Kier molecular flexibility index (Phi) is 2.82. The fourth-order valence-corrected chi connectivity index (χ4v) is 1.73. The lowest BCUT2D eigenvalue weighted by Gasteiger charge is -2.06. The van der Waals surface area contributed by atoms with Crippen LogP contribution in [0.2, 0.25) is 0 Å². The molecule has 80 valence electrons. The zero-order valence-corrected chi connectivity index (χ0v) is 8.45. The lowest BCUT2D eigenvalue weighted by molar-refractivity contribution is 0.151. The summed E-state index contributed by atoms with van der Waals surface area (Å²) in [7, 11) is 0. The molecule has 0 aromatic heterocycles. The summed E-state index contributed by atoms with van der Waals surface area (Å²) in [6, 6.07) is 12.1. The van der Waals surface area contributed by atoms with E-state index in [9.17, 15) is 8.78 Å². The predicted molar refractivity (Wildman–Crippen MR) is 58.2 cm³/mol. The second-order valence-electron chi connectivity index (χ2n) is 3.53. The van der Waals surface area contributed by atoms with Crippen molar-refractivity contribution in [3.8, 4) is 6.07 Å². The Labute approximate surface area is 91.9 Å². The summed E-state index contributed by atoms with van der Waals surface area (Å²) in [6.45, 7) is 0. The number of fused-ring (bicyclic) bond motifs is 1. The molecule has 0 spiro atoms. The van der Waals surface area contributed by atoms with Crippen molar-refractivity contribution in [3.63, 3.8) is 0 Å². The Morgan fingerprint density at radius 2 is 2.00 bits per heavy atom. The van der Waals surface area contributed by atoms with Crippen LogP contribution < -0.4 is 0 Å². The normalized spacial score (nSPS) is 10.6. The van der Waals surface area contributed by atoms with E-state index >= 15 is 0 Å². The molecule has 1 nitrogen and oxygen atoms in total. The number of benzene rings is 2. The quantitative estimate of drug-likeness (QED) is 0.749. The molecule has 2 aromatic rings. The second-order valence-corrected chi connectivity index (χ2v) is 3.53. The number of rotatable bonds is 2. The largest absolute Gasteiger partial charge is 0.263 e. The van der Waals surface area contributed by atoms with Crippen molar-refractivity contribution < 1.29 is 8.78 Å². The fraction of sp³-hybridized carbons (Fsp3) is 0.154. The Bertz CT molecular complexity index is 555. The first-order valence-electron chi connectivity index (χ1n) is 4.89. The Morgan fingerprint density at radius 3 is 2.69 bits per heavy atom. The topological polar surface area (TPSA) is 23.8 Å². The first-order valence-corrected chi connectivity index (χ1v) is 4.89. The van der Waals surface area contributed by atoms with Gasteiger partial charge >= 0.3 is 0 Å². The van der Waals surface area contributed by atoms with Crippen molar-refractivity contribution in [2.75, 3.05) is 0 Å². The van der Waals surface area contributed by atoms with E-state index < -0.39 is 6.43 Å². The van der Waals surface area contributed by atoms with E-state index in [1.165, 1.54) is 12.1 Å². The van der Waals surface area contributed by atoms with E-state index in [0.29, 0.717) is 0 Å². The van der Waals surface area contributed by atoms with E-state index in [1.54, 1.807) is 12.1 Å². The van der Waals surface area contributed by atoms with Gasteiger partial charge in [-0.25, -0.2) is 8.78 Å². The highest BCUT2D eigenvalue weighted by molar-refractivity contribution is 5.86. The third-order valence-corrected chi connectivity index (χ3v) is 2.52. The summed E-state index contributed by atoms with van der Waals surface area (Å²) in [5.74, 6) is 0. The Morgan fingerprint density at radius 1 is 1.19 bits per heavy atom. The first-order chi connectivity index (χ1) is 7.72. The smallest absolute Gasteiger partial charge is 0.205 e. The summed E-state index contributed by atoms with van der Waals surface area (Å²) in [5.41, 5.74) is 0.792. The molecule has 2 aromatic carbocycles. The van der Waals surface area contributed by atoms with Gasteiger partial charge < -0.3 is 0 Å². The average Bonchev–Trinajstić information content (AvgIpc) is 2.29. The summed E-state index contributed by atoms with van der Waals surface area (Å²) in [5, 5.41) is 10.3. The molecule has 0 unspecified atom stereocenters. The number of alkyl halides is 2. The first kappa shape index (κ1) is 10.6. The van der Waals surface area contributed by atoms with Crippen LogP contribution in [-0.2, 0) is 6.42 Å². The van der Waals surface area contributed by atoms with Gasteiger partial charge in [0.25, 0.3) is 6.43 Å². The molecule has 0 saturated carbocycles. The SMILES string of the molecule is N#CCc1cccc2ccc(C(F)F)cc12. The predicted octanol–water partition coefficient (Wildman–Crippen LogP) is 3.84. The zero-order chi connectivity index (χ0) is 11.5. The number of halogens is 2. The molecule has 2 rings (SSSR count). The van der Waals surface area contributed by atoms with Crippen molar-refractivity contribution in [2.45, 2.75) is 12.8 Å². The summed E-state index contributed by atoms with van der Waals surface area (Å²) in [4.78, 5) is 0. The molecule has 0 fully saturated rings. The van der Waals surface area contributed by atoms with E-state index in [-0.39, 0.29) is 12.0 Å². The summed E-state index contributed by atoms with van der Waals surface area (Å²) >= 11 is 0.